The molecule has 3 aromatic carbocycles. The first-order chi connectivity index (χ1) is 17.3. The van der Waals surface area contributed by atoms with Crippen LogP contribution in [0.4, 0.5) is 5.69 Å². The topological polar surface area (TPSA) is 99.0 Å². The molecule has 0 saturated heterocycles. The van der Waals surface area contributed by atoms with Crippen LogP contribution in [0, 0.1) is 6.92 Å². The van der Waals surface area contributed by atoms with Gasteiger partial charge in [-0.05, 0) is 63.9 Å². The van der Waals surface area contributed by atoms with E-state index in [0.717, 1.165) is 22.3 Å². The molecule has 1 amide bonds. The van der Waals surface area contributed by atoms with Crippen molar-refractivity contribution in [2.45, 2.75) is 18.5 Å². The quantitative estimate of drug-likeness (QED) is 0.235. The summed E-state index contributed by atoms with van der Waals surface area (Å²) in [5.41, 5.74) is 4.81. The molecule has 11 heteroatoms. The Morgan fingerprint density at radius 1 is 1.00 bits per heavy atom. The van der Waals surface area contributed by atoms with E-state index in [0.29, 0.717) is 26.6 Å². The van der Waals surface area contributed by atoms with E-state index in [4.69, 9.17) is 27.9 Å². The van der Waals surface area contributed by atoms with Crippen LogP contribution in [-0.2, 0) is 20.7 Å². The number of anilines is 1. The second kappa shape index (κ2) is 11.6. The van der Waals surface area contributed by atoms with Gasteiger partial charge in [0.2, 0.25) is 11.1 Å². The van der Waals surface area contributed by atoms with Crippen molar-refractivity contribution in [1.82, 2.24) is 20.2 Å². The molecule has 0 atom stereocenters. The molecule has 0 saturated carbocycles. The van der Waals surface area contributed by atoms with Gasteiger partial charge >= 0.3 is 5.97 Å². The molecule has 0 radical (unpaired) electrons. The zero-order chi connectivity index (χ0) is 25.7. The summed E-state index contributed by atoms with van der Waals surface area (Å²) in [6.45, 7) is 1.94. The number of benzene rings is 3. The van der Waals surface area contributed by atoms with Gasteiger partial charge in [0.05, 0.1) is 40.7 Å². The standard InChI is InChI=1S/C25H21Cl2N5O3S/c1-15-3-10-22(20(27)11-15)32-25(29-30-31-32)36-14-23(33)28-21-9-8-18(13-19(21)26)17-6-4-16(5-7-17)12-24(34)35-2/h3-11,13H,12,14H2,1-2H3,(H,28,33). The van der Waals surface area contributed by atoms with Crippen molar-refractivity contribution in [3.05, 3.63) is 81.8 Å². The summed E-state index contributed by atoms with van der Waals surface area (Å²) in [5, 5.41) is 15.9. The largest absolute Gasteiger partial charge is 0.469 e. The summed E-state index contributed by atoms with van der Waals surface area (Å²) < 4.78 is 6.19. The molecule has 8 nitrogen and oxygen atoms in total. The average molecular weight is 542 g/mol. The summed E-state index contributed by atoms with van der Waals surface area (Å²) in [4.78, 5) is 24.0. The lowest BCUT2D eigenvalue weighted by atomic mass is 10.0. The lowest BCUT2D eigenvalue weighted by Crippen LogP contribution is -2.15. The van der Waals surface area contributed by atoms with Crippen molar-refractivity contribution in [1.29, 1.82) is 0 Å². The number of carbonyl (C=O) groups is 2. The number of amides is 1. The minimum Gasteiger partial charge on any atom is -0.469 e. The Morgan fingerprint density at radius 3 is 2.44 bits per heavy atom. The Morgan fingerprint density at radius 2 is 1.75 bits per heavy atom. The SMILES string of the molecule is COC(=O)Cc1ccc(-c2ccc(NC(=O)CSc3nnnn3-c3ccc(C)cc3Cl)c(Cl)c2)cc1. The second-order valence-electron chi connectivity index (χ2n) is 7.81. The van der Waals surface area contributed by atoms with Crippen LogP contribution in [-0.4, -0.2) is 44.9 Å². The molecule has 1 aromatic heterocycles. The summed E-state index contributed by atoms with van der Waals surface area (Å²) in [5.74, 6) is -0.477. The Balaban J connectivity index is 1.39. The third-order valence-electron chi connectivity index (χ3n) is 5.21. The molecule has 0 aliphatic carbocycles. The van der Waals surface area contributed by atoms with Crippen LogP contribution < -0.4 is 5.32 Å². The predicted octanol–water partition coefficient (Wildman–Crippen LogP) is 5.39. The maximum Gasteiger partial charge on any atom is 0.309 e. The van der Waals surface area contributed by atoms with Gasteiger partial charge in [0.1, 0.15) is 0 Å². The maximum absolute atomic E-state index is 12.6. The third kappa shape index (κ3) is 6.23. The van der Waals surface area contributed by atoms with Gasteiger partial charge in [-0.2, -0.15) is 4.68 Å². The number of esters is 1. The van der Waals surface area contributed by atoms with Crippen LogP contribution >= 0.6 is 35.0 Å². The maximum atomic E-state index is 12.6. The van der Waals surface area contributed by atoms with Crippen LogP contribution in [0.5, 0.6) is 0 Å². The van der Waals surface area contributed by atoms with E-state index in [2.05, 4.69) is 20.8 Å². The van der Waals surface area contributed by atoms with E-state index in [1.165, 1.54) is 23.6 Å². The number of tetrazole rings is 1. The molecule has 0 spiro atoms. The van der Waals surface area contributed by atoms with E-state index in [-0.39, 0.29) is 24.1 Å². The molecule has 0 fully saturated rings. The van der Waals surface area contributed by atoms with E-state index < -0.39 is 0 Å². The van der Waals surface area contributed by atoms with Crippen molar-refractivity contribution in [3.63, 3.8) is 0 Å². The van der Waals surface area contributed by atoms with E-state index >= 15 is 0 Å². The van der Waals surface area contributed by atoms with Crippen molar-refractivity contribution >= 4 is 52.5 Å². The monoisotopic (exact) mass is 541 g/mol. The van der Waals surface area contributed by atoms with Gasteiger partial charge in [0, 0.05) is 0 Å². The Hall–Kier alpha value is -3.40. The molecule has 0 aliphatic rings. The van der Waals surface area contributed by atoms with Crippen LogP contribution in [0.3, 0.4) is 0 Å². The number of carbonyl (C=O) groups excluding carboxylic acids is 2. The zero-order valence-electron chi connectivity index (χ0n) is 19.4. The molecule has 0 bridgehead atoms. The van der Waals surface area contributed by atoms with Gasteiger partial charge < -0.3 is 10.1 Å². The van der Waals surface area contributed by atoms with Crippen LogP contribution in [0.1, 0.15) is 11.1 Å². The summed E-state index contributed by atoms with van der Waals surface area (Å²) in [7, 11) is 1.36. The van der Waals surface area contributed by atoms with Crippen LogP contribution in [0.2, 0.25) is 10.0 Å². The first-order valence-corrected chi connectivity index (χ1v) is 12.5. The van der Waals surface area contributed by atoms with Crippen molar-refractivity contribution in [2.75, 3.05) is 18.2 Å². The number of nitrogens with one attached hydrogen (secondary N) is 1. The zero-order valence-corrected chi connectivity index (χ0v) is 21.7. The van der Waals surface area contributed by atoms with Crippen LogP contribution in [0.25, 0.3) is 16.8 Å². The van der Waals surface area contributed by atoms with Gasteiger partial charge in [-0.3, -0.25) is 9.59 Å². The third-order valence-corrected chi connectivity index (χ3v) is 6.75. The first-order valence-electron chi connectivity index (χ1n) is 10.8. The molecule has 0 unspecified atom stereocenters. The number of hydrogen-bond acceptors (Lipinski definition) is 7. The van der Waals surface area contributed by atoms with Crippen LogP contribution in [0.15, 0.2) is 65.8 Å². The van der Waals surface area contributed by atoms with Gasteiger partial charge in [0.25, 0.3) is 0 Å². The van der Waals surface area contributed by atoms with Crippen molar-refractivity contribution < 1.29 is 14.3 Å². The Bertz CT molecular complexity index is 1410. The molecule has 184 valence electrons. The molecule has 4 rings (SSSR count). The number of halogens is 2. The smallest absolute Gasteiger partial charge is 0.309 e. The molecule has 1 heterocycles. The minimum absolute atomic E-state index is 0.0730. The van der Waals surface area contributed by atoms with E-state index in [1.807, 2.05) is 55.5 Å². The van der Waals surface area contributed by atoms with E-state index in [9.17, 15) is 9.59 Å². The highest BCUT2D eigenvalue weighted by molar-refractivity contribution is 7.99. The number of rotatable bonds is 8. The molecule has 0 aliphatic heterocycles. The van der Waals surface area contributed by atoms with Gasteiger partial charge in [-0.15, -0.1) is 5.10 Å². The average Bonchev–Trinajstić information content (AvgIpc) is 3.32. The summed E-state index contributed by atoms with van der Waals surface area (Å²) in [6.07, 6.45) is 0.213. The highest BCUT2D eigenvalue weighted by Gasteiger charge is 2.15. The number of methoxy groups -OCH3 is 1. The fraction of sp³-hybridized carbons (Fsp3) is 0.160. The van der Waals surface area contributed by atoms with Crippen molar-refractivity contribution in [2.24, 2.45) is 0 Å². The fourth-order valence-electron chi connectivity index (χ4n) is 3.37. The Labute approximate surface area is 221 Å². The number of thioether (sulfide) groups is 1. The van der Waals surface area contributed by atoms with E-state index in [1.54, 1.807) is 12.1 Å². The summed E-state index contributed by atoms with van der Waals surface area (Å²) >= 11 is 14.0. The number of hydrogen-bond donors (Lipinski definition) is 1. The molecule has 36 heavy (non-hydrogen) atoms. The second-order valence-corrected chi connectivity index (χ2v) is 9.57. The number of ether oxygens (including phenoxy) is 1. The first kappa shape index (κ1) is 25.7. The Kier molecular flexibility index (Phi) is 8.25. The lowest BCUT2D eigenvalue weighted by Gasteiger charge is -2.10. The normalized spacial score (nSPS) is 10.8. The number of aryl methyl sites for hydroxylation is 1. The van der Waals surface area contributed by atoms with Gasteiger partial charge in [-0.25, -0.2) is 0 Å². The number of aromatic nitrogens is 4. The predicted molar refractivity (Wildman–Crippen MR) is 141 cm³/mol. The molecule has 1 N–H and O–H groups in total. The molecule has 4 aromatic rings. The minimum atomic E-state index is -0.292. The highest BCUT2D eigenvalue weighted by atomic mass is 35.5. The van der Waals surface area contributed by atoms with Gasteiger partial charge in [-0.1, -0.05) is 71.4 Å². The fourth-order valence-corrected chi connectivity index (χ4v) is 4.60. The summed E-state index contributed by atoms with van der Waals surface area (Å²) in [6, 6.07) is 18.5. The molecular formula is C25H21Cl2N5O3S. The highest BCUT2D eigenvalue weighted by Crippen LogP contribution is 2.30. The number of nitrogens with zero attached hydrogens (tertiary/aromatic N) is 4. The molecular weight excluding hydrogens is 521 g/mol. The van der Waals surface area contributed by atoms with Gasteiger partial charge in [0.15, 0.2) is 0 Å². The van der Waals surface area contributed by atoms with Crippen molar-refractivity contribution in [3.8, 4) is 16.8 Å². The lowest BCUT2D eigenvalue weighted by molar-refractivity contribution is -0.139.